The molecule has 0 amide bonds. The van der Waals surface area contributed by atoms with E-state index in [2.05, 4.69) is 24.4 Å². The van der Waals surface area contributed by atoms with Gasteiger partial charge in [0.15, 0.2) is 0 Å². The molecule has 1 aliphatic carbocycles. The molecule has 5 heteroatoms. The number of hydrazone groups is 1. The van der Waals surface area contributed by atoms with Gasteiger partial charge in [-0.2, -0.15) is 5.10 Å². The Morgan fingerprint density at radius 1 is 1.35 bits per heavy atom. The smallest absolute Gasteiger partial charge is 0.144 e. The van der Waals surface area contributed by atoms with Gasteiger partial charge in [0.2, 0.25) is 0 Å². The Kier molecular flexibility index (Phi) is 3.30. The van der Waals surface area contributed by atoms with Crippen LogP contribution in [-0.2, 0) is 4.79 Å². The molecule has 1 heterocycles. The summed E-state index contributed by atoms with van der Waals surface area (Å²) in [4.78, 5) is 12.5. The first kappa shape index (κ1) is 13.9. The van der Waals surface area contributed by atoms with E-state index in [0.717, 1.165) is 17.7 Å². The number of nitrogens with zero attached hydrogens (tertiary/aromatic N) is 1. The highest BCUT2D eigenvalue weighted by molar-refractivity contribution is 6.37. The largest absolute Gasteiger partial charge is 0.306 e. The van der Waals surface area contributed by atoms with E-state index >= 15 is 0 Å². The highest BCUT2D eigenvalue weighted by atomic mass is 35.5. The van der Waals surface area contributed by atoms with Gasteiger partial charge >= 0.3 is 0 Å². The number of rotatable bonds is 1. The van der Waals surface area contributed by atoms with E-state index < -0.39 is 0 Å². The van der Waals surface area contributed by atoms with Gasteiger partial charge in [0.25, 0.3) is 0 Å². The number of Topliss-reactive ketones (excluding diaryl/α,β-unsaturated/α-hetero) is 1. The predicted octanol–water partition coefficient (Wildman–Crippen LogP) is 3.67. The van der Waals surface area contributed by atoms with Gasteiger partial charge in [0, 0.05) is 17.0 Å². The number of carbonyl (C=O) groups is 1. The number of halogens is 2. The van der Waals surface area contributed by atoms with E-state index in [-0.39, 0.29) is 23.2 Å². The molecule has 106 valence electrons. The SMILES string of the molecule is CC1(C)CC(=O)C2C(c3ccc(Cl)cc3Cl)=NNC2C1. The molecular weight excluding hydrogens is 295 g/mol. The minimum atomic E-state index is -0.193. The summed E-state index contributed by atoms with van der Waals surface area (Å²) in [5.74, 6) is 0.0442. The first-order chi connectivity index (χ1) is 9.37. The molecule has 2 atom stereocenters. The third kappa shape index (κ3) is 2.33. The summed E-state index contributed by atoms with van der Waals surface area (Å²) < 4.78 is 0. The van der Waals surface area contributed by atoms with Gasteiger partial charge in [0.1, 0.15) is 5.78 Å². The van der Waals surface area contributed by atoms with Crippen LogP contribution in [0.2, 0.25) is 10.0 Å². The highest BCUT2D eigenvalue weighted by Crippen LogP contribution is 2.40. The third-order valence-corrected chi connectivity index (χ3v) is 4.57. The van der Waals surface area contributed by atoms with Crippen molar-refractivity contribution in [2.75, 3.05) is 0 Å². The van der Waals surface area contributed by atoms with Crippen LogP contribution in [0.1, 0.15) is 32.3 Å². The number of nitrogens with one attached hydrogen (secondary N) is 1. The van der Waals surface area contributed by atoms with Crippen LogP contribution < -0.4 is 5.43 Å². The second-order valence-corrected chi connectivity index (χ2v) is 7.19. The first-order valence-electron chi connectivity index (χ1n) is 6.69. The molecule has 1 fully saturated rings. The molecule has 1 saturated carbocycles. The Hall–Kier alpha value is -1.06. The van der Waals surface area contributed by atoms with Gasteiger partial charge < -0.3 is 5.43 Å². The number of hydrogen-bond donors (Lipinski definition) is 1. The van der Waals surface area contributed by atoms with Crippen molar-refractivity contribution in [3.63, 3.8) is 0 Å². The maximum atomic E-state index is 12.5. The van der Waals surface area contributed by atoms with Crippen molar-refractivity contribution in [2.24, 2.45) is 16.4 Å². The van der Waals surface area contributed by atoms with E-state index in [0.29, 0.717) is 16.5 Å². The van der Waals surface area contributed by atoms with Gasteiger partial charge in [-0.15, -0.1) is 0 Å². The van der Waals surface area contributed by atoms with Crippen LogP contribution in [0.3, 0.4) is 0 Å². The number of hydrogen-bond acceptors (Lipinski definition) is 3. The van der Waals surface area contributed by atoms with Crippen LogP contribution >= 0.6 is 23.2 Å². The van der Waals surface area contributed by atoms with Gasteiger partial charge in [-0.3, -0.25) is 4.79 Å². The fourth-order valence-corrected chi connectivity index (χ4v) is 3.71. The molecule has 0 aromatic heterocycles. The Morgan fingerprint density at radius 3 is 2.80 bits per heavy atom. The topological polar surface area (TPSA) is 41.5 Å². The number of ketones is 1. The number of fused-ring (bicyclic) bond motifs is 1. The predicted molar refractivity (Wildman–Crippen MR) is 81.4 cm³/mol. The summed E-state index contributed by atoms with van der Waals surface area (Å²) in [6, 6.07) is 5.37. The fourth-order valence-electron chi connectivity index (χ4n) is 3.20. The van der Waals surface area contributed by atoms with Gasteiger partial charge in [-0.1, -0.05) is 43.1 Å². The van der Waals surface area contributed by atoms with E-state index in [1.165, 1.54) is 0 Å². The lowest BCUT2D eigenvalue weighted by atomic mass is 9.68. The Labute approximate surface area is 128 Å². The molecule has 2 unspecified atom stereocenters. The van der Waals surface area contributed by atoms with Crippen LogP contribution in [0.15, 0.2) is 23.3 Å². The summed E-state index contributed by atoms with van der Waals surface area (Å²) in [6.45, 7) is 4.24. The summed E-state index contributed by atoms with van der Waals surface area (Å²) in [6.07, 6.45) is 1.52. The van der Waals surface area contributed by atoms with Gasteiger partial charge in [0.05, 0.1) is 22.7 Å². The second kappa shape index (κ2) is 4.74. The zero-order valence-electron chi connectivity index (χ0n) is 11.4. The monoisotopic (exact) mass is 310 g/mol. The van der Waals surface area contributed by atoms with E-state index in [1.807, 2.05) is 6.07 Å². The maximum Gasteiger partial charge on any atom is 0.144 e. The molecule has 1 aromatic carbocycles. The summed E-state index contributed by atoms with van der Waals surface area (Å²) in [5.41, 5.74) is 4.68. The maximum absolute atomic E-state index is 12.5. The first-order valence-corrected chi connectivity index (χ1v) is 7.44. The van der Waals surface area contributed by atoms with Crippen molar-refractivity contribution >= 4 is 34.7 Å². The van der Waals surface area contributed by atoms with Gasteiger partial charge in [-0.25, -0.2) is 0 Å². The Bertz CT molecular complexity index is 610. The molecule has 1 aliphatic heterocycles. The zero-order valence-corrected chi connectivity index (χ0v) is 12.9. The minimum Gasteiger partial charge on any atom is -0.306 e. The van der Waals surface area contributed by atoms with Crippen LogP contribution in [-0.4, -0.2) is 17.5 Å². The van der Waals surface area contributed by atoms with Gasteiger partial charge in [-0.05, 0) is 24.0 Å². The van der Waals surface area contributed by atoms with Crippen molar-refractivity contribution in [1.29, 1.82) is 0 Å². The Balaban J connectivity index is 1.95. The fraction of sp³-hybridized carbons (Fsp3) is 0.467. The zero-order chi connectivity index (χ0) is 14.5. The molecule has 0 saturated heterocycles. The quantitative estimate of drug-likeness (QED) is 0.859. The van der Waals surface area contributed by atoms with Crippen molar-refractivity contribution < 1.29 is 4.79 Å². The molecule has 0 radical (unpaired) electrons. The minimum absolute atomic E-state index is 0.0278. The van der Waals surface area contributed by atoms with E-state index in [4.69, 9.17) is 23.2 Å². The van der Waals surface area contributed by atoms with Crippen LogP contribution in [0.25, 0.3) is 0 Å². The molecule has 2 aliphatic rings. The molecule has 3 rings (SSSR count). The second-order valence-electron chi connectivity index (χ2n) is 6.35. The lowest BCUT2D eigenvalue weighted by molar-refractivity contribution is -0.126. The molecule has 0 spiro atoms. The third-order valence-electron chi connectivity index (χ3n) is 4.03. The summed E-state index contributed by atoms with van der Waals surface area (Å²) in [7, 11) is 0. The van der Waals surface area contributed by atoms with E-state index in [1.54, 1.807) is 12.1 Å². The molecule has 3 nitrogen and oxygen atoms in total. The summed E-state index contributed by atoms with van der Waals surface area (Å²) >= 11 is 12.2. The molecule has 1 aromatic rings. The lowest BCUT2D eigenvalue weighted by Gasteiger charge is -2.36. The molecule has 0 bridgehead atoms. The van der Waals surface area contributed by atoms with Crippen LogP contribution in [0.4, 0.5) is 0 Å². The van der Waals surface area contributed by atoms with Crippen molar-refractivity contribution in [2.45, 2.75) is 32.7 Å². The van der Waals surface area contributed by atoms with E-state index in [9.17, 15) is 4.79 Å². The van der Waals surface area contributed by atoms with Crippen molar-refractivity contribution in [3.05, 3.63) is 33.8 Å². The average Bonchev–Trinajstić information content (AvgIpc) is 2.71. The lowest BCUT2D eigenvalue weighted by Crippen LogP contribution is -2.45. The van der Waals surface area contributed by atoms with Crippen LogP contribution in [0.5, 0.6) is 0 Å². The number of benzene rings is 1. The number of carbonyl (C=O) groups excluding carboxylic acids is 1. The summed E-state index contributed by atoms with van der Waals surface area (Å²) in [5, 5.41) is 5.49. The standard InChI is InChI=1S/C15H16Cl2N2O/c1-15(2)6-11-13(12(20)7-15)14(19-18-11)9-4-3-8(16)5-10(9)17/h3-5,11,13,18H,6-7H2,1-2H3. The highest BCUT2D eigenvalue weighted by Gasteiger charge is 2.46. The molecule has 20 heavy (non-hydrogen) atoms. The van der Waals surface area contributed by atoms with Crippen molar-refractivity contribution in [1.82, 2.24) is 5.43 Å². The Morgan fingerprint density at radius 2 is 2.10 bits per heavy atom. The van der Waals surface area contributed by atoms with Crippen LogP contribution in [0, 0.1) is 11.3 Å². The normalized spacial score (nSPS) is 27.8. The average molecular weight is 311 g/mol. The molecule has 1 N–H and O–H groups in total. The van der Waals surface area contributed by atoms with Crippen molar-refractivity contribution in [3.8, 4) is 0 Å². The molecular formula is C15H16Cl2N2O.